The van der Waals surface area contributed by atoms with Gasteiger partial charge in [-0.3, -0.25) is 4.79 Å². The molecule has 4 heteroatoms. The van der Waals surface area contributed by atoms with Crippen molar-refractivity contribution in [3.63, 3.8) is 0 Å². The molecule has 3 nitrogen and oxygen atoms in total. The Morgan fingerprint density at radius 3 is 2.50 bits per heavy atom. The Morgan fingerprint density at radius 1 is 1.33 bits per heavy atom. The van der Waals surface area contributed by atoms with Crippen molar-refractivity contribution in [2.75, 3.05) is 20.2 Å². The molecule has 1 heterocycles. The van der Waals surface area contributed by atoms with E-state index in [0.29, 0.717) is 6.42 Å². The Labute approximate surface area is 107 Å². The number of piperidine rings is 1. The molecule has 1 aromatic carbocycles. The number of halogens is 1. The molecule has 2 rings (SSSR count). The number of amides is 1. The zero-order chi connectivity index (χ0) is 13.0. The smallest absolute Gasteiger partial charge is 0.226 e. The summed E-state index contributed by atoms with van der Waals surface area (Å²) in [6, 6.07) is 6.10. The van der Waals surface area contributed by atoms with Crippen LogP contribution in [-0.4, -0.2) is 37.1 Å². The highest BCUT2D eigenvalue weighted by atomic mass is 19.1. The standard InChI is InChI=1S/C14H18FNO2/c1-18-13-6-8-16(9-7-13)14(17)10-11-2-4-12(15)5-3-11/h2-5,13H,6-10H2,1H3. The lowest BCUT2D eigenvalue weighted by molar-refractivity contribution is -0.132. The third-order valence-electron chi connectivity index (χ3n) is 3.40. The SMILES string of the molecule is COC1CCN(C(=O)Cc2ccc(F)cc2)CC1. The zero-order valence-corrected chi connectivity index (χ0v) is 10.6. The summed E-state index contributed by atoms with van der Waals surface area (Å²) in [5, 5.41) is 0. The Kier molecular flexibility index (Phi) is 4.31. The van der Waals surface area contributed by atoms with Gasteiger partial charge in [0.2, 0.25) is 5.91 Å². The van der Waals surface area contributed by atoms with Crippen molar-refractivity contribution in [3.8, 4) is 0 Å². The summed E-state index contributed by atoms with van der Waals surface area (Å²) >= 11 is 0. The summed E-state index contributed by atoms with van der Waals surface area (Å²) < 4.78 is 18.0. The van der Waals surface area contributed by atoms with Crippen molar-refractivity contribution < 1.29 is 13.9 Å². The van der Waals surface area contributed by atoms with Gasteiger partial charge >= 0.3 is 0 Å². The predicted octanol–water partition coefficient (Wildman–Crippen LogP) is 2.01. The molecule has 0 atom stereocenters. The molecule has 0 unspecified atom stereocenters. The van der Waals surface area contributed by atoms with Crippen LogP contribution < -0.4 is 0 Å². The fraction of sp³-hybridized carbons (Fsp3) is 0.500. The molecule has 1 aliphatic rings. The van der Waals surface area contributed by atoms with E-state index in [2.05, 4.69) is 0 Å². The fourth-order valence-electron chi connectivity index (χ4n) is 2.23. The average Bonchev–Trinajstić information content (AvgIpc) is 2.41. The lowest BCUT2D eigenvalue weighted by Gasteiger charge is -2.31. The molecular weight excluding hydrogens is 233 g/mol. The maximum absolute atomic E-state index is 12.8. The lowest BCUT2D eigenvalue weighted by Crippen LogP contribution is -2.41. The molecule has 0 saturated carbocycles. The molecule has 1 aliphatic heterocycles. The highest BCUT2D eigenvalue weighted by molar-refractivity contribution is 5.78. The Bertz CT molecular complexity index is 397. The number of hydrogen-bond acceptors (Lipinski definition) is 2. The van der Waals surface area contributed by atoms with Crippen LogP contribution in [0.5, 0.6) is 0 Å². The normalized spacial score (nSPS) is 16.9. The summed E-state index contributed by atoms with van der Waals surface area (Å²) in [4.78, 5) is 13.9. The quantitative estimate of drug-likeness (QED) is 0.822. The van der Waals surface area contributed by atoms with Gasteiger partial charge in [0.15, 0.2) is 0 Å². The van der Waals surface area contributed by atoms with Crippen LogP contribution in [0.25, 0.3) is 0 Å². The van der Waals surface area contributed by atoms with Gasteiger partial charge in [0.1, 0.15) is 5.82 Å². The number of benzene rings is 1. The lowest BCUT2D eigenvalue weighted by atomic mass is 10.1. The highest BCUT2D eigenvalue weighted by Crippen LogP contribution is 2.14. The van der Waals surface area contributed by atoms with Gasteiger partial charge in [-0.05, 0) is 30.5 Å². The first kappa shape index (κ1) is 13.0. The van der Waals surface area contributed by atoms with Gasteiger partial charge < -0.3 is 9.64 Å². The van der Waals surface area contributed by atoms with E-state index in [1.807, 2.05) is 4.90 Å². The first-order valence-electron chi connectivity index (χ1n) is 6.24. The van der Waals surface area contributed by atoms with Gasteiger partial charge in [0.25, 0.3) is 0 Å². The van der Waals surface area contributed by atoms with E-state index in [4.69, 9.17) is 4.74 Å². The van der Waals surface area contributed by atoms with E-state index in [9.17, 15) is 9.18 Å². The van der Waals surface area contributed by atoms with E-state index < -0.39 is 0 Å². The molecule has 1 amide bonds. The van der Waals surface area contributed by atoms with E-state index in [-0.39, 0.29) is 17.8 Å². The van der Waals surface area contributed by atoms with Crippen LogP contribution in [-0.2, 0) is 16.0 Å². The first-order chi connectivity index (χ1) is 8.69. The first-order valence-corrected chi connectivity index (χ1v) is 6.24. The number of likely N-dealkylation sites (tertiary alicyclic amines) is 1. The van der Waals surface area contributed by atoms with Gasteiger partial charge in [-0.25, -0.2) is 4.39 Å². The Balaban J connectivity index is 1.87. The number of hydrogen-bond donors (Lipinski definition) is 0. The molecular formula is C14H18FNO2. The van der Waals surface area contributed by atoms with Crippen LogP contribution in [0.2, 0.25) is 0 Å². The number of rotatable bonds is 3. The van der Waals surface area contributed by atoms with Gasteiger partial charge in [-0.15, -0.1) is 0 Å². The van der Waals surface area contributed by atoms with Crippen LogP contribution in [0.4, 0.5) is 4.39 Å². The summed E-state index contributed by atoms with van der Waals surface area (Å²) in [6.45, 7) is 1.50. The molecule has 0 radical (unpaired) electrons. The maximum atomic E-state index is 12.8. The monoisotopic (exact) mass is 251 g/mol. The molecule has 0 aromatic heterocycles. The molecule has 0 spiro atoms. The van der Waals surface area contributed by atoms with Gasteiger partial charge in [0, 0.05) is 20.2 Å². The molecule has 0 bridgehead atoms. The maximum Gasteiger partial charge on any atom is 0.226 e. The van der Waals surface area contributed by atoms with Gasteiger partial charge in [0.05, 0.1) is 12.5 Å². The summed E-state index contributed by atoms with van der Waals surface area (Å²) in [6.07, 6.45) is 2.41. The predicted molar refractivity (Wildman–Crippen MR) is 66.7 cm³/mol. The van der Waals surface area contributed by atoms with Crippen molar-refractivity contribution in [1.29, 1.82) is 0 Å². The fourth-order valence-corrected chi connectivity index (χ4v) is 2.23. The third kappa shape index (κ3) is 3.29. The minimum atomic E-state index is -0.271. The summed E-state index contributed by atoms with van der Waals surface area (Å²) in [5.41, 5.74) is 0.857. The molecule has 98 valence electrons. The summed E-state index contributed by atoms with van der Waals surface area (Å²) in [7, 11) is 1.71. The zero-order valence-electron chi connectivity index (χ0n) is 10.6. The van der Waals surface area contributed by atoms with Crippen molar-refractivity contribution in [1.82, 2.24) is 4.90 Å². The van der Waals surface area contributed by atoms with Crippen molar-refractivity contribution in [2.45, 2.75) is 25.4 Å². The third-order valence-corrected chi connectivity index (χ3v) is 3.40. The van der Waals surface area contributed by atoms with Crippen molar-refractivity contribution >= 4 is 5.91 Å². The number of nitrogens with zero attached hydrogens (tertiary/aromatic N) is 1. The topological polar surface area (TPSA) is 29.5 Å². The molecule has 1 fully saturated rings. The minimum absolute atomic E-state index is 0.108. The Hall–Kier alpha value is -1.42. The van der Waals surface area contributed by atoms with Gasteiger partial charge in [-0.1, -0.05) is 12.1 Å². The molecule has 0 aliphatic carbocycles. The van der Waals surface area contributed by atoms with Crippen LogP contribution in [0.3, 0.4) is 0 Å². The van der Waals surface area contributed by atoms with Crippen LogP contribution >= 0.6 is 0 Å². The second-order valence-electron chi connectivity index (χ2n) is 4.62. The van der Waals surface area contributed by atoms with Crippen LogP contribution in [0, 0.1) is 5.82 Å². The minimum Gasteiger partial charge on any atom is -0.381 e. The van der Waals surface area contributed by atoms with Crippen molar-refractivity contribution in [3.05, 3.63) is 35.6 Å². The van der Waals surface area contributed by atoms with Crippen LogP contribution in [0.1, 0.15) is 18.4 Å². The number of carbonyl (C=O) groups is 1. The number of ether oxygens (including phenoxy) is 1. The second kappa shape index (κ2) is 5.96. The van der Waals surface area contributed by atoms with Gasteiger partial charge in [-0.2, -0.15) is 0 Å². The average molecular weight is 251 g/mol. The van der Waals surface area contributed by atoms with E-state index >= 15 is 0 Å². The molecule has 1 saturated heterocycles. The molecule has 1 aromatic rings. The highest BCUT2D eigenvalue weighted by Gasteiger charge is 2.22. The van der Waals surface area contributed by atoms with E-state index in [0.717, 1.165) is 31.5 Å². The second-order valence-corrected chi connectivity index (χ2v) is 4.62. The molecule has 18 heavy (non-hydrogen) atoms. The Morgan fingerprint density at radius 2 is 1.94 bits per heavy atom. The number of methoxy groups -OCH3 is 1. The largest absolute Gasteiger partial charge is 0.381 e. The number of carbonyl (C=O) groups excluding carboxylic acids is 1. The molecule has 0 N–H and O–H groups in total. The van der Waals surface area contributed by atoms with E-state index in [1.54, 1.807) is 19.2 Å². The van der Waals surface area contributed by atoms with Crippen molar-refractivity contribution in [2.24, 2.45) is 0 Å². The van der Waals surface area contributed by atoms with E-state index in [1.165, 1.54) is 12.1 Å². The van der Waals surface area contributed by atoms with Crippen LogP contribution in [0.15, 0.2) is 24.3 Å². The summed E-state index contributed by atoms with van der Waals surface area (Å²) in [5.74, 6) is -0.164.